The third-order valence-corrected chi connectivity index (χ3v) is 2.47. The van der Waals surface area contributed by atoms with Crippen molar-refractivity contribution in [3.05, 3.63) is 29.1 Å². The van der Waals surface area contributed by atoms with E-state index in [9.17, 15) is 4.39 Å². The van der Waals surface area contributed by atoms with Crippen molar-refractivity contribution in [1.82, 2.24) is 0 Å². The van der Waals surface area contributed by atoms with E-state index in [4.69, 9.17) is 10.5 Å². The highest BCUT2D eigenvalue weighted by Crippen LogP contribution is 2.27. The van der Waals surface area contributed by atoms with Crippen molar-refractivity contribution >= 4 is 0 Å². The molecule has 1 aromatic rings. The van der Waals surface area contributed by atoms with Crippen molar-refractivity contribution in [3.8, 4) is 5.75 Å². The molecule has 1 unspecified atom stereocenters. The Morgan fingerprint density at radius 1 is 1.50 bits per heavy atom. The Kier molecular flexibility index (Phi) is 3.47. The molecule has 0 aliphatic carbocycles. The molecule has 1 aromatic carbocycles. The number of halogens is 1. The van der Waals surface area contributed by atoms with Crippen LogP contribution in [0, 0.1) is 12.7 Å². The van der Waals surface area contributed by atoms with Crippen molar-refractivity contribution in [1.29, 1.82) is 0 Å². The summed E-state index contributed by atoms with van der Waals surface area (Å²) in [7, 11) is 1.54. The molecule has 14 heavy (non-hydrogen) atoms. The van der Waals surface area contributed by atoms with Gasteiger partial charge in [0.15, 0.2) is 0 Å². The monoisotopic (exact) mass is 197 g/mol. The molecule has 78 valence electrons. The Morgan fingerprint density at radius 3 is 2.64 bits per heavy atom. The number of hydrogen-bond donors (Lipinski definition) is 1. The van der Waals surface area contributed by atoms with Crippen molar-refractivity contribution in [2.75, 3.05) is 13.7 Å². The first-order chi connectivity index (χ1) is 6.60. The molecule has 1 atom stereocenters. The van der Waals surface area contributed by atoms with E-state index in [1.807, 2.05) is 13.8 Å². The van der Waals surface area contributed by atoms with E-state index in [0.717, 1.165) is 11.1 Å². The molecule has 0 saturated heterocycles. The highest BCUT2D eigenvalue weighted by molar-refractivity contribution is 5.41. The van der Waals surface area contributed by atoms with E-state index < -0.39 is 0 Å². The van der Waals surface area contributed by atoms with Gasteiger partial charge in [-0.05, 0) is 36.6 Å². The summed E-state index contributed by atoms with van der Waals surface area (Å²) in [5.41, 5.74) is 7.44. The van der Waals surface area contributed by atoms with Crippen molar-refractivity contribution < 1.29 is 9.13 Å². The van der Waals surface area contributed by atoms with Crippen LogP contribution >= 0.6 is 0 Å². The first-order valence-electron chi connectivity index (χ1n) is 4.64. The SMILES string of the molecule is COc1cc(F)cc(C(C)CN)c1C. The molecule has 0 aliphatic heterocycles. The molecule has 0 bridgehead atoms. The van der Waals surface area contributed by atoms with Crippen LogP contribution in [0.15, 0.2) is 12.1 Å². The van der Waals surface area contributed by atoms with Gasteiger partial charge < -0.3 is 10.5 Å². The summed E-state index contributed by atoms with van der Waals surface area (Å²) < 4.78 is 18.3. The number of benzene rings is 1. The zero-order valence-electron chi connectivity index (χ0n) is 8.80. The van der Waals surface area contributed by atoms with Crippen LogP contribution in [0.2, 0.25) is 0 Å². The molecule has 1 rings (SSSR count). The quantitative estimate of drug-likeness (QED) is 0.806. The van der Waals surface area contributed by atoms with E-state index in [2.05, 4.69) is 0 Å². The van der Waals surface area contributed by atoms with Crippen LogP contribution in [0.3, 0.4) is 0 Å². The van der Waals surface area contributed by atoms with Crippen LogP contribution in [0.4, 0.5) is 4.39 Å². The summed E-state index contributed by atoms with van der Waals surface area (Å²) in [5, 5.41) is 0. The van der Waals surface area contributed by atoms with E-state index in [1.54, 1.807) is 7.11 Å². The average Bonchev–Trinajstić information content (AvgIpc) is 2.19. The second-order valence-electron chi connectivity index (χ2n) is 3.46. The van der Waals surface area contributed by atoms with Gasteiger partial charge in [0.05, 0.1) is 7.11 Å². The molecule has 0 radical (unpaired) electrons. The lowest BCUT2D eigenvalue weighted by Gasteiger charge is -2.15. The van der Waals surface area contributed by atoms with Gasteiger partial charge in [0.2, 0.25) is 0 Å². The molecule has 0 aromatic heterocycles. The van der Waals surface area contributed by atoms with Gasteiger partial charge in [0, 0.05) is 6.07 Å². The first kappa shape index (κ1) is 11.0. The van der Waals surface area contributed by atoms with Crippen LogP contribution in [0.1, 0.15) is 24.0 Å². The lowest BCUT2D eigenvalue weighted by molar-refractivity contribution is 0.406. The largest absolute Gasteiger partial charge is 0.496 e. The lowest BCUT2D eigenvalue weighted by Crippen LogP contribution is -2.11. The summed E-state index contributed by atoms with van der Waals surface area (Å²) in [6.45, 7) is 4.40. The predicted octanol–water partition coefficient (Wildman–Crippen LogP) is 2.20. The lowest BCUT2D eigenvalue weighted by atomic mass is 9.96. The van der Waals surface area contributed by atoms with E-state index in [1.165, 1.54) is 12.1 Å². The summed E-state index contributed by atoms with van der Waals surface area (Å²) in [6.07, 6.45) is 0. The smallest absolute Gasteiger partial charge is 0.127 e. The van der Waals surface area contributed by atoms with Crippen molar-refractivity contribution in [2.45, 2.75) is 19.8 Å². The van der Waals surface area contributed by atoms with Crippen LogP contribution in [0.5, 0.6) is 5.75 Å². The van der Waals surface area contributed by atoms with Crippen LogP contribution < -0.4 is 10.5 Å². The zero-order chi connectivity index (χ0) is 10.7. The number of rotatable bonds is 3. The Labute approximate surface area is 83.9 Å². The fourth-order valence-electron chi connectivity index (χ4n) is 1.53. The van der Waals surface area contributed by atoms with Gasteiger partial charge in [-0.1, -0.05) is 6.92 Å². The number of nitrogens with two attached hydrogens (primary N) is 1. The molecule has 0 aliphatic rings. The van der Waals surface area contributed by atoms with Gasteiger partial charge in [-0.15, -0.1) is 0 Å². The minimum atomic E-state index is -0.275. The highest BCUT2D eigenvalue weighted by Gasteiger charge is 2.12. The molecule has 2 N–H and O–H groups in total. The van der Waals surface area contributed by atoms with Gasteiger partial charge in [0.25, 0.3) is 0 Å². The second kappa shape index (κ2) is 4.42. The van der Waals surface area contributed by atoms with Crippen molar-refractivity contribution in [2.24, 2.45) is 5.73 Å². The van der Waals surface area contributed by atoms with Crippen LogP contribution in [-0.4, -0.2) is 13.7 Å². The van der Waals surface area contributed by atoms with Gasteiger partial charge in [-0.2, -0.15) is 0 Å². The Hall–Kier alpha value is -1.09. The molecule has 0 heterocycles. The molecule has 0 spiro atoms. The summed E-state index contributed by atoms with van der Waals surface area (Å²) in [6, 6.07) is 2.91. The Bertz CT molecular complexity index is 325. The van der Waals surface area contributed by atoms with Crippen LogP contribution in [-0.2, 0) is 0 Å². The minimum absolute atomic E-state index is 0.152. The number of ether oxygens (including phenoxy) is 1. The van der Waals surface area contributed by atoms with Gasteiger partial charge in [-0.3, -0.25) is 0 Å². The Morgan fingerprint density at radius 2 is 2.14 bits per heavy atom. The predicted molar refractivity (Wildman–Crippen MR) is 55.2 cm³/mol. The maximum absolute atomic E-state index is 13.2. The average molecular weight is 197 g/mol. The third-order valence-electron chi connectivity index (χ3n) is 2.47. The first-order valence-corrected chi connectivity index (χ1v) is 4.64. The van der Waals surface area contributed by atoms with Crippen molar-refractivity contribution in [3.63, 3.8) is 0 Å². The zero-order valence-corrected chi connectivity index (χ0v) is 8.80. The topological polar surface area (TPSA) is 35.2 Å². The molecule has 0 saturated carbocycles. The molecule has 3 heteroatoms. The fraction of sp³-hybridized carbons (Fsp3) is 0.455. The number of methoxy groups -OCH3 is 1. The minimum Gasteiger partial charge on any atom is -0.496 e. The summed E-state index contributed by atoms with van der Waals surface area (Å²) in [5.74, 6) is 0.461. The molecular formula is C11H16FNO. The molecule has 0 amide bonds. The van der Waals surface area contributed by atoms with E-state index in [0.29, 0.717) is 12.3 Å². The fourth-order valence-corrected chi connectivity index (χ4v) is 1.53. The Balaban J connectivity index is 3.21. The third kappa shape index (κ3) is 2.04. The van der Waals surface area contributed by atoms with Gasteiger partial charge in [-0.25, -0.2) is 4.39 Å². The highest BCUT2D eigenvalue weighted by atomic mass is 19.1. The maximum Gasteiger partial charge on any atom is 0.127 e. The summed E-state index contributed by atoms with van der Waals surface area (Å²) in [4.78, 5) is 0. The van der Waals surface area contributed by atoms with Gasteiger partial charge >= 0.3 is 0 Å². The van der Waals surface area contributed by atoms with Crippen LogP contribution in [0.25, 0.3) is 0 Å². The molecule has 2 nitrogen and oxygen atoms in total. The summed E-state index contributed by atoms with van der Waals surface area (Å²) >= 11 is 0. The molecular weight excluding hydrogens is 181 g/mol. The standard InChI is InChI=1S/C11H16FNO/c1-7(6-13)10-4-9(12)5-11(14-3)8(10)2/h4-5,7H,6,13H2,1-3H3. The maximum atomic E-state index is 13.2. The normalized spacial score (nSPS) is 12.6. The van der Waals surface area contributed by atoms with E-state index >= 15 is 0 Å². The second-order valence-corrected chi connectivity index (χ2v) is 3.46. The number of hydrogen-bond acceptors (Lipinski definition) is 2. The van der Waals surface area contributed by atoms with Gasteiger partial charge in [0.1, 0.15) is 11.6 Å². The van der Waals surface area contributed by atoms with E-state index in [-0.39, 0.29) is 11.7 Å². The molecule has 0 fully saturated rings.